The van der Waals surface area contributed by atoms with Crippen LogP contribution in [0.4, 0.5) is 11.6 Å². The molecule has 14 heteroatoms. The number of halogens is 1. The number of nitrogens with two attached hydrogens (primary N) is 2. The van der Waals surface area contributed by atoms with Gasteiger partial charge in [-0.3, -0.25) is 4.79 Å². The maximum absolute atomic E-state index is 12.6. The van der Waals surface area contributed by atoms with E-state index >= 15 is 0 Å². The number of anilines is 2. The number of hydrogen-bond acceptors (Lipinski definition) is 10. The summed E-state index contributed by atoms with van der Waals surface area (Å²) in [5.41, 5.74) is 12.9. The summed E-state index contributed by atoms with van der Waals surface area (Å²) in [5.74, 6) is 1.79. The molecule has 2 aliphatic heterocycles. The number of aromatic nitrogens is 3. The molecule has 6 rings (SSSR count). The number of ether oxygens (including phenoxy) is 1. The van der Waals surface area contributed by atoms with Crippen LogP contribution < -0.4 is 26.8 Å². The number of benzene rings is 1. The Morgan fingerprint density at radius 1 is 1.16 bits per heavy atom. The maximum atomic E-state index is 12.6. The highest BCUT2D eigenvalue weighted by Crippen LogP contribution is 2.32. The van der Waals surface area contributed by atoms with Crippen LogP contribution >= 0.6 is 23.5 Å². The number of nitrogens with zero attached hydrogens (tertiary/aromatic N) is 5. The molecule has 2 saturated heterocycles. The van der Waals surface area contributed by atoms with E-state index in [1.165, 1.54) is 0 Å². The first-order valence-corrected chi connectivity index (χ1v) is 15.1. The number of hydrogen-bond donors (Lipinski definition) is 4. The Kier molecular flexibility index (Phi) is 8.28. The van der Waals surface area contributed by atoms with E-state index in [-0.39, 0.29) is 28.0 Å². The molecule has 4 heterocycles. The number of carbonyl (C=O) groups is 1. The van der Waals surface area contributed by atoms with Gasteiger partial charge in [-0.1, -0.05) is 29.8 Å². The summed E-state index contributed by atoms with van der Waals surface area (Å²) in [5, 5.41) is 6.50. The predicted octanol–water partition coefficient (Wildman–Crippen LogP) is 4.13. The van der Waals surface area contributed by atoms with Crippen molar-refractivity contribution in [1.82, 2.24) is 29.9 Å². The monoisotopic (exact) mass is 621 g/mol. The Morgan fingerprint density at radius 2 is 1.95 bits per heavy atom. The molecule has 3 aromatic rings. The average Bonchev–Trinajstić information content (AvgIpc) is 3.58. The van der Waals surface area contributed by atoms with Gasteiger partial charge in [-0.25, -0.2) is 19.3 Å². The molecule has 6 N–H and O–H groups in total. The van der Waals surface area contributed by atoms with Gasteiger partial charge in [0.1, 0.15) is 23.8 Å². The van der Waals surface area contributed by atoms with Crippen LogP contribution in [0.15, 0.2) is 56.8 Å². The van der Waals surface area contributed by atoms with Gasteiger partial charge in [0, 0.05) is 30.1 Å². The van der Waals surface area contributed by atoms with Crippen LogP contribution in [0.25, 0.3) is 5.57 Å². The fourth-order valence-corrected chi connectivity index (χ4v) is 6.12. The predicted molar refractivity (Wildman–Crippen MR) is 167 cm³/mol. The Hall–Kier alpha value is -4.07. The van der Waals surface area contributed by atoms with Crippen molar-refractivity contribution >= 4 is 52.6 Å². The van der Waals surface area contributed by atoms with E-state index in [0.29, 0.717) is 25.0 Å². The average molecular weight is 622 g/mol. The van der Waals surface area contributed by atoms with Gasteiger partial charge in [0.15, 0.2) is 28.4 Å². The number of nitrogens with one attached hydrogen (secondary N) is 2. The molecule has 1 aliphatic carbocycles. The molecule has 1 spiro atoms. The van der Waals surface area contributed by atoms with Crippen LogP contribution in [0.5, 0.6) is 5.75 Å². The zero-order valence-corrected chi connectivity index (χ0v) is 25.2. The number of nitrogen functional groups attached to an aromatic ring is 2. The number of rotatable bonds is 7. The standard InChI is InChI=1S/C29H32ClN9O3S/c1-17-21(34-27(42-17)18-5-3-2-4-6-18)15-41-19-7-9-20(10-8-19)43-39-13-11-29(12-14-39)16-33-28(38-29)37-26(40)22-24(31)36-25(32)23(30)35-22/h3,5-10H,2,4,11-16H2,1H3,(H4,31,32,36)(H2,33,37,38,40). The van der Waals surface area contributed by atoms with Gasteiger partial charge in [-0.15, -0.1) is 0 Å². The second kappa shape index (κ2) is 12.3. The summed E-state index contributed by atoms with van der Waals surface area (Å²) < 4.78 is 14.2. The number of oxazole rings is 1. The molecular weight excluding hydrogens is 590 g/mol. The molecule has 1 amide bonds. The fraction of sp³-hybridized carbons (Fsp3) is 0.345. The third-order valence-corrected chi connectivity index (χ3v) is 8.93. The molecule has 2 fully saturated rings. The number of allylic oxidation sites excluding steroid dienone is 4. The summed E-state index contributed by atoms with van der Waals surface area (Å²) in [7, 11) is 0. The van der Waals surface area contributed by atoms with Gasteiger partial charge in [-0.05, 0) is 68.8 Å². The van der Waals surface area contributed by atoms with Crippen molar-refractivity contribution in [3.8, 4) is 5.75 Å². The molecule has 0 atom stereocenters. The first-order valence-electron chi connectivity index (χ1n) is 14.0. The Labute approximate surface area is 258 Å². The number of guanidine groups is 1. The molecule has 0 unspecified atom stereocenters. The minimum atomic E-state index is -0.644. The Balaban J connectivity index is 0.982. The topological polar surface area (TPSA) is 170 Å². The highest BCUT2D eigenvalue weighted by molar-refractivity contribution is 7.97. The normalized spacial score (nSPS) is 18.8. The molecule has 0 bridgehead atoms. The smallest absolute Gasteiger partial charge is 0.302 e. The van der Waals surface area contributed by atoms with Crippen LogP contribution in [0, 0.1) is 6.92 Å². The van der Waals surface area contributed by atoms with E-state index in [0.717, 1.165) is 66.4 Å². The maximum Gasteiger partial charge on any atom is 0.302 e. The quantitative estimate of drug-likeness (QED) is 0.279. The van der Waals surface area contributed by atoms with Crippen LogP contribution in [-0.4, -0.2) is 56.3 Å². The van der Waals surface area contributed by atoms with Gasteiger partial charge >= 0.3 is 5.91 Å². The zero-order chi connectivity index (χ0) is 30.0. The third-order valence-electron chi connectivity index (χ3n) is 7.55. The summed E-state index contributed by atoms with van der Waals surface area (Å²) in [6.07, 6.45) is 10.2. The minimum absolute atomic E-state index is 0.0363. The van der Waals surface area contributed by atoms with Crippen LogP contribution in [0.2, 0.25) is 5.15 Å². The van der Waals surface area contributed by atoms with Crippen LogP contribution in [0.3, 0.4) is 0 Å². The molecule has 3 aliphatic rings. The van der Waals surface area contributed by atoms with E-state index < -0.39 is 5.91 Å². The minimum Gasteiger partial charge on any atom is -0.487 e. The number of carbonyl (C=O) groups excluding carboxylic acids is 1. The van der Waals surface area contributed by atoms with Crippen molar-refractivity contribution < 1.29 is 13.9 Å². The lowest BCUT2D eigenvalue weighted by Crippen LogP contribution is -2.51. The van der Waals surface area contributed by atoms with Crippen molar-refractivity contribution in [2.75, 3.05) is 31.1 Å². The SMILES string of the molecule is Cc1oc(C2=CCCC=C2)nc1COc1ccc(SN2CCC3(CC2)CN/C(=N\C(=O)c2nc(Cl)c(N)nc2N)N3)cc1. The lowest BCUT2D eigenvalue weighted by atomic mass is 9.90. The highest BCUT2D eigenvalue weighted by Gasteiger charge is 2.40. The second-order valence-corrected chi connectivity index (χ2v) is 12.1. The summed E-state index contributed by atoms with van der Waals surface area (Å²) in [6, 6.07) is 8.08. The third kappa shape index (κ3) is 6.63. The first kappa shape index (κ1) is 29.0. The Bertz CT molecular complexity index is 1610. The van der Waals surface area contributed by atoms with E-state index in [2.05, 4.69) is 65.2 Å². The first-order chi connectivity index (χ1) is 20.8. The molecule has 2 aromatic heterocycles. The number of piperidine rings is 1. The van der Waals surface area contributed by atoms with E-state index in [1.807, 2.05) is 19.1 Å². The van der Waals surface area contributed by atoms with Crippen molar-refractivity contribution in [3.05, 3.63) is 70.7 Å². The summed E-state index contributed by atoms with van der Waals surface area (Å²) >= 11 is 7.62. The molecule has 224 valence electrons. The van der Waals surface area contributed by atoms with Crippen molar-refractivity contribution in [1.29, 1.82) is 0 Å². The van der Waals surface area contributed by atoms with E-state index in [9.17, 15) is 4.79 Å². The fourth-order valence-electron chi connectivity index (χ4n) is 5.08. The van der Waals surface area contributed by atoms with Gasteiger partial charge in [0.2, 0.25) is 5.89 Å². The second-order valence-electron chi connectivity index (χ2n) is 10.6. The highest BCUT2D eigenvalue weighted by atomic mass is 35.5. The summed E-state index contributed by atoms with van der Waals surface area (Å²) in [4.78, 5) is 30.3. The van der Waals surface area contributed by atoms with Gasteiger partial charge in [-0.2, -0.15) is 4.99 Å². The van der Waals surface area contributed by atoms with E-state index in [1.54, 1.807) is 11.9 Å². The van der Waals surface area contributed by atoms with Crippen molar-refractivity contribution in [3.63, 3.8) is 0 Å². The number of amides is 1. The molecule has 0 saturated carbocycles. The molecule has 0 radical (unpaired) electrons. The van der Waals surface area contributed by atoms with E-state index in [4.69, 9.17) is 32.2 Å². The lowest BCUT2D eigenvalue weighted by molar-refractivity contribution is 0.0998. The molecule has 12 nitrogen and oxygen atoms in total. The van der Waals surface area contributed by atoms with Gasteiger partial charge in [0.05, 0.1) is 5.54 Å². The molecule has 1 aromatic carbocycles. The number of aryl methyl sites for hydroxylation is 1. The molecule has 43 heavy (non-hydrogen) atoms. The molecular formula is C29H32ClN9O3S. The number of aliphatic imine (C=N–C) groups is 1. The van der Waals surface area contributed by atoms with Crippen molar-refractivity contribution in [2.45, 2.75) is 49.6 Å². The van der Waals surface area contributed by atoms with Crippen LogP contribution in [-0.2, 0) is 6.61 Å². The van der Waals surface area contributed by atoms with Crippen molar-refractivity contribution in [2.24, 2.45) is 4.99 Å². The van der Waals surface area contributed by atoms with Gasteiger partial charge in [0.25, 0.3) is 0 Å². The summed E-state index contributed by atoms with van der Waals surface area (Å²) in [6.45, 7) is 4.65. The largest absolute Gasteiger partial charge is 0.487 e. The lowest BCUT2D eigenvalue weighted by Gasteiger charge is -2.37. The zero-order valence-electron chi connectivity index (χ0n) is 23.6. The van der Waals surface area contributed by atoms with Gasteiger partial charge < -0.3 is 31.3 Å². The Morgan fingerprint density at radius 3 is 2.70 bits per heavy atom. The van der Waals surface area contributed by atoms with Crippen LogP contribution in [0.1, 0.15) is 53.5 Å².